The normalized spacial score (nSPS) is 26.2. The first-order chi connectivity index (χ1) is 15.2. The predicted molar refractivity (Wildman–Crippen MR) is 109 cm³/mol. The molecule has 32 heavy (non-hydrogen) atoms. The van der Waals surface area contributed by atoms with E-state index >= 15 is 0 Å². The number of rotatable bonds is 11. The Bertz CT molecular complexity index is 822. The van der Waals surface area contributed by atoms with Gasteiger partial charge < -0.3 is 14.9 Å². The van der Waals surface area contributed by atoms with Gasteiger partial charge in [0, 0.05) is 24.7 Å². The summed E-state index contributed by atoms with van der Waals surface area (Å²) in [6, 6.07) is 4.52. The lowest BCUT2D eigenvalue weighted by atomic mass is 9.89. The van der Waals surface area contributed by atoms with Crippen LogP contribution in [0.1, 0.15) is 37.7 Å². The average Bonchev–Trinajstić information content (AvgIpc) is 3.34. The molecule has 1 heterocycles. The summed E-state index contributed by atoms with van der Waals surface area (Å²) in [6.45, 7) is -0.176. The van der Waals surface area contributed by atoms with Gasteiger partial charge in [-0.2, -0.15) is 13.2 Å². The van der Waals surface area contributed by atoms with E-state index in [-0.39, 0.29) is 42.8 Å². The fraction of sp³-hybridized carbons (Fsp3) is 0.522. The molecule has 1 aromatic rings. The second-order valence-corrected chi connectivity index (χ2v) is 8.03. The molecule has 2 bridgehead atoms. The van der Waals surface area contributed by atoms with Crippen molar-refractivity contribution in [2.75, 3.05) is 6.61 Å². The minimum atomic E-state index is -4.46. The van der Waals surface area contributed by atoms with Crippen molar-refractivity contribution in [1.29, 1.82) is 0 Å². The van der Waals surface area contributed by atoms with E-state index in [4.69, 9.17) is 19.6 Å². The molecule has 1 saturated heterocycles. The molecule has 2 fully saturated rings. The molecule has 9 heteroatoms. The SMILES string of the molecule is O=C(O)CCC/C=C\C[C@@H]1[C@@H](/C=C/[C@@H](O)COc2cccc(C(F)(F)F)c2)[C@H]2C[C@@H]1OO2. The molecule has 0 radical (unpaired) electrons. The summed E-state index contributed by atoms with van der Waals surface area (Å²) in [7, 11) is 0. The van der Waals surface area contributed by atoms with E-state index in [1.807, 2.05) is 18.2 Å². The Morgan fingerprint density at radius 2 is 2.03 bits per heavy atom. The van der Waals surface area contributed by atoms with Crippen LogP contribution < -0.4 is 4.74 Å². The molecular formula is C23H27F3O6. The Hall–Kier alpha value is -2.36. The number of unbranched alkanes of at least 4 members (excludes halogenated alkanes) is 1. The molecule has 0 aromatic heterocycles. The van der Waals surface area contributed by atoms with Gasteiger partial charge in [-0.05, 0) is 37.5 Å². The van der Waals surface area contributed by atoms with E-state index < -0.39 is 23.8 Å². The largest absolute Gasteiger partial charge is 0.491 e. The quantitative estimate of drug-likeness (QED) is 0.289. The number of aliphatic hydroxyl groups excluding tert-OH is 1. The second-order valence-electron chi connectivity index (χ2n) is 8.03. The number of ether oxygens (including phenoxy) is 1. The monoisotopic (exact) mass is 456 g/mol. The maximum atomic E-state index is 12.8. The summed E-state index contributed by atoms with van der Waals surface area (Å²) in [6.07, 6.45) is 4.73. The predicted octanol–water partition coefficient (Wildman–Crippen LogP) is 4.54. The number of aliphatic carboxylic acids is 1. The van der Waals surface area contributed by atoms with Gasteiger partial charge in [-0.25, -0.2) is 9.78 Å². The third kappa shape index (κ3) is 6.82. The maximum absolute atomic E-state index is 12.8. The highest BCUT2D eigenvalue weighted by Gasteiger charge is 2.49. The van der Waals surface area contributed by atoms with Gasteiger partial charge in [-0.15, -0.1) is 0 Å². The van der Waals surface area contributed by atoms with E-state index in [2.05, 4.69) is 0 Å². The van der Waals surface area contributed by atoms with Crippen LogP contribution in [0.3, 0.4) is 0 Å². The van der Waals surface area contributed by atoms with Crippen molar-refractivity contribution in [2.45, 2.75) is 56.6 Å². The zero-order chi connectivity index (χ0) is 23.1. The van der Waals surface area contributed by atoms with Gasteiger partial charge in [0.1, 0.15) is 24.6 Å². The van der Waals surface area contributed by atoms with Gasteiger partial charge >= 0.3 is 12.1 Å². The summed E-state index contributed by atoms with van der Waals surface area (Å²) in [5.41, 5.74) is -0.807. The zero-order valence-corrected chi connectivity index (χ0v) is 17.4. The third-order valence-electron chi connectivity index (χ3n) is 5.64. The molecule has 1 saturated carbocycles. The van der Waals surface area contributed by atoms with Gasteiger partial charge in [-0.3, -0.25) is 4.79 Å². The van der Waals surface area contributed by atoms with Crippen LogP contribution in [0.4, 0.5) is 13.2 Å². The highest BCUT2D eigenvalue weighted by Crippen LogP contribution is 2.44. The van der Waals surface area contributed by atoms with Gasteiger partial charge in [0.25, 0.3) is 0 Å². The summed E-state index contributed by atoms with van der Waals surface area (Å²) in [4.78, 5) is 21.2. The number of hydrogen-bond donors (Lipinski definition) is 2. The number of allylic oxidation sites excluding steroid dienone is 2. The molecule has 0 unspecified atom stereocenters. The standard InChI is InChI=1S/C23H27F3O6/c24-23(25,26)15-6-5-7-17(12-15)30-14-16(27)10-11-19-18(20-13-21(19)32-31-20)8-3-1-2-4-9-22(28)29/h1,3,5-7,10-12,16,18-21,27H,2,4,8-9,13-14H2,(H,28,29)/b3-1-,11-10+/t16-,18-,19-,20+,21-/m1/s1. The molecule has 5 atom stereocenters. The molecule has 6 nitrogen and oxygen atoms in total. The third-order valence-corrected chi connectivity index (χ3v) is 5.64. The zero-order valence-electron chi connectivity index (χ0n) is 17.4. The van der Waals surface area contributed by atoms with Crippen molar-refractivity contribution in [3.05, 3.63) is 54.1 Å². The average molecular weight is 456 g/mol. The van der Waals surface area contributed by atoms with E-state index in [1.165, 1.54) is 12.1 Å². The summed E-state index contributed by atoms with van der Waals surface area (Å²) < 4.78 is 43.7. The summed E-state index contributed by atoms with van der Waals surface area (Å²) in [5.74, 6) is -0.578. The number of carboxylic acid groups (broad SMARTS) is 1. The first kappa shape index (κ1) is 24.3. The Balaban J connectivity index is 1.49. The minimum absolute atomic E-state index is 0.0284. The van der Waals surface area contributed by atoms with Crippen LogP contribution in [0.5, 0.6) is 5.75 Å². The number of carbonyl (C=O) groups is 1. The molecule has 2 aliphatic rings. The highest BCUT2D eigenvalue weighted by molar-refractivity contribution is 5.66. The van der Waals surface area contributed by atoms with Gasteiger partial charge in [0.05, 0.1) is 11.7 Å². The molecule has 0 spiro atoms. The molecular weight excluding hydrogens is 429 g/mol. The fourth-order valence-corrected chi connectivity index (χ4v) is 4.02. The van der Waals surface area contributed by atoms with Crippen molar-refractivity contribution in [1.82, 2.24) is 0 Å². The Kier molecular flexibility index (Phi) is 8.33. The molecule has 1 aromatic carbocycles. The topological polar surface area (TPSA) is 85.2 Å². The molecule has 176 valence electrons. The van der Waals surface area contributed by atoms with Crippen LogP contribution in [-0.4, -0.2) is 41.1 Å². The van der Waals surface area contributed by atoms with Crippen molar-refractivity contribution < 1.29 is 42.7 Å². The van der Waals surface area contributed by atoms with Crippen molar-refractivity contribution in [3.8, 4) is 5.75 Å². The Morgan fingerprint density at radius 3 is 2.78 bits per heavy atom. The Morgan fingerprint density at radius 1 is 1.25 bits per heavy atom. The van der Waals surface area contributed by atoms with E-state index in [0.717, 1.165) is 25.0 Å². The van der Waals surface area contributed by atoms with E-state index in [9.17, 15) is 23.1 Å². The van der Waals surface area contributed by atoms with Crippen LogP contribution in [-0.2, 0) is 20.7 Å². The van der Waals surface area contributed by atoms with Crippen LogP contribution >= 0.6 is 0 Å². The maximum Gasteiger partial charge on any atom is 0.416 e. The van der Waals surface area contributed by atoms with Crippen molar-refractivity contribution in [3.63, 3.8) is 0 Å². The first-order valence-corrected chi connectivity index (χ1v) is 10.6. The minimum Gasteiger partial charge on any atom is -0.491 e. The van der Waals surface area contributed by atoms with Gasteiger partial charge in [-0.1, -0.05) is 30.4 Å². The van der Waals surface area contributed by atoms with Crippen molar-refractivity contribution >= 4 is 5.97 Å². The second kappa shape index (κ2) is 11.0. The molecule has 2 N–H and O–H groups in total. The van der Waals surface area contributed by atoms with E-state index in [0.29, 0.717) is 12.8 Å². The number of halogens is 3. The molecule has 0 amide bonds. The van der Waals surface area contributed by atoms with Crippen LogP contribution in [0.15, 0.2) is 48.6 Å². The van der Waals surface area contributed by atoms with Crippen LogP contribution in [0.2, 0.25) is 0 Å². The number of hydrogen-bond acceptors (Lipinski definition) is 5. The number of fused-ring (bicyclic) bond motifs is 2. The van der Waals surface area contributed by atoms with Crippen LogP contribution in [0.25, 0.3) is 0 Å². The number of alkyl halides is 3. The number of carboxylic acids is 1. The van der Waals surface area contributed by atoms with Gasteiger partial charge in [0.2, 0.25) is 0 Å². The lowest BCUT2D eigenvalue weighted by molar-refractivity contribution is -0.336. The van der Waals surface area contributed by atoms with Crippen molar-refractivity contribution in [2.24, 2.45) is 11.8 Å². The highest BCUT2D eigenvalue weighted by atomic mass is 19.4. The lowest BCUT2D eigenvalue weighted by Crippen LogP contribution is -2.29. The van der Waals surface area contributed by atoms with Gasteiger partial charge in [0.15, 0.2) is 0 Å². The Labute approximate surface area is 184 Å². The smallest absolute Gasteiger partial charge is 0.416 e. The van der Waals surface area contributed by atoms with Crippen LogP contribution in [0, 0.1) is 11.8 Å². The molecule has 3 rings (SSSR count). The summed E-state index contributed by atoms with van der Waals surface area (Å²) in [5, 5.41) is 18.9. The fourth-order valence-electron chi connectivity index (χ4n) is 4.02. The first-order valence-electron chi connectivity index (χ1n) is 10.6. The molecule has 1 aliphatic heterocycles. The number of benzene rings is 1. The number of aliphatic hydroxyl groups is 1. The summed E-state index contributed by atoms with van der Waals surface area (Å²) >= 11 is 0. The lowest BCUT2D eigenvalue weighted by Gasteiger charge is -2.27. The van der Waals surface area contributed by atoms with E-state index in [1.54, 1.807) is 6.08 Å². The molecule has 1 aliphatic carbocycles.